The third-order valence-corrected chi connectivity index (χ3v) is 11.3. The molecule has 0 aromatic carbocycles. The molecule has 0 aromatic heterocycles. The third-order valence-electron chi connectivity index (χ3n) is 11.3. The van der Waals surface area contributed by atoms with Gasteiger partial charge in [0.25, 0.3) is 0 Å². The van der Waals surface area contributed by atoms with Crippen molar-refractivity contribution in [2.75, 3.05) is 0 Å². The van der Waals surface area contributed by atoms with E-state index in [-0.39, 0.29) is 0 Å². The minimum absolute atomic E-state index is 0.729. The van der Waals surface area contributed by atoms with Gasteiger partial charge in [0, 0.05) is 0 Å². The van der Waals surface area contributed by atoms with Gasteiger partial charge in [0.1, 0.15) is 0 Å². The first-order valence-electron chi connectivity index (χ1n) is 17.1. The summed E-state index contributed by atoms with van der Waals surface area (Å²) in [7, 11) is 0. The van der Waals surface area contributed by atoms with E-state index in [1.165, 1.54) is 77.0 Å². The summed E-state index contributed by atoms with van der Waals surface area (Å²) in [5, 5.41) is 0. The van der Waals surface area contributed by atoms with E-state index in [0.29, 0.717) is 0 Å². The molecular weight excluding hydrogens is 432 g/mol. The lowest BCUT2D eigenvalue weighted by molar-refractivity contribution is 0.136. The standard InChI is InChI=1S/C36H62/c1-3-5-6-8-30-21-25-35(26-22-30)36-27-23-34(24-28-36)20-19-33-17-15-32(16-18-33)14-13-31-11-9-29(7-4-2)10-12-31/h9,11,13-14,29-36H,3-8,10,12,15-28H2,1-2H3. The van der Waals surface area contributed by atoms with Gasteiger partial charge in [0.2, 0.25) is 0 Å². The summed E-state index contributed by atoms with van der Waals surface area (Å²) >= 11 is 0. The van der Waals surface area contributed by atoms with E-state index >= 15 is 0 Å². The molecule has 4 rings (SSSR count). The van der Waals surface area contributed by atoms with E-state index in [2.05, 4.69) is 38.2 Å². The second-order valence-corrected chi connectivity index (χ2v) is 14.0. The Bertz CT molecular complexity index is 618. The molecule has 0 heteroatoms. The Kier molecular flexibility index (Phi) is 12.5. The summed E-state index contributed by atoms with van der Waals surface area (Å²) in [6.07, 6.45) is 43.2. The summed E-state index contributed by atoms with van der Waals surface area (Å²) in [4.78, 5) is 0. The van der Waals surface area contributed by atoms with Crippen molar-refractivity contribution in [1.82, 2.24) is 0 Å². The highest BCUT2D eigenvalue weighted by Crippen LogP contribution is 2.44. The summed E-state index contributed by atoms with van der Waals surface area (Å²) in [6, 6.07) is 0. The average Bonchev–Trinajstić information content (AvgIpc) is 2.93. The predicted molar refractivity (Wildman–Crippen MR) is 159 cm³/mol. The van der Waals surface area contributed by atoms with Crippen molar-refractivity contribution < 1.29 is 0 Å². The molecule has 2 unspecified atom stereocenters. The Labute approximate surface area is 226 Å². The first-order valence-corrected chi connectivity index (χ1v) is 17.1. The smallest absolute Gasteiger partial charge is 0.00531 e. The molecule has 36 heavy (non-hydrogen) atoms. The molecule has 4 aliphatic rings. The lowest BCUT2D eigenvalue weighted by Gasteiger charge is -2.38. The lowest BCUT2D eigenvalue weighted by Crippen LogP contribution is -2.26. The van der Waals surface area contributed by atoms with E-state index in [4.69, 9.17) is 0 Å². The molecule has 2 atom stereocenters. The van der Waals surface area contributed by atoms with Gasteiger partial charge in [0.15, 0.2) is 0 Å². The maximum absolute atomic E-state index is 2.62. The van der Waals surface area contributed by atoms with Gasteiger partial charge in [0.05, 0.1) is 0 Å². The summed E-state index contributed by atoms with van der Waals surface area (Å²) in [5.41, 5.74) is 0. The summed E-state index contributed by atoms with van der Waals surface area (Å²) < 4.78 is 0. The molecule has 4 aliphatic carbocycles. The molecule has 0 bridgehead atoms. The van der Waals surface area contributed by atoms with Crippen LogP contribution in [-0.4, -0.2) is 0 Å². The van der Waals surface area contributed by atoms with Crippen LogP contribution in [-0.2, 0) is 0 Å². The van der Waals surface area contributed by atoms with Gasteiger partial charge in [-0.15, -0.1) is 0 Å². The Hall–Kier alpha value is -0.520. The Morgan fingerprint density at radius 3 is 1.61 bits per heavy atom. The Morgan fingerprint density at radius 1 is 0.500 bits per heavy atom. The van der Waals surface area contributed by atoms with Crippen LogP contribution in [0.4, 0.5) is 0 Å². The minimum Gasteiger partial charge on any atom is -0.0848 e. The molecule has 0 amide bonds. The Balaban J connectivity index is 1.05. The minimum atomic E-state index is 0.729. The number of unbranched alkanes of at least 4 members (excludes halogenated alkanes) is 2. The van der Waals surface area contributed by atoms with E-state index in [1.54, 1.807) is 64.2 Å². The molecule has 3 saturated carbocycles. The maximum atomic E-state index is 2.62. The lowest BCUT2D eigenvalue weighted by atomic mass is 9.68. The third kappa shape index (κ3) is 9.34. The zero-order valence-corrected chi connectivity index (χ0v) is 24.5. The largest absolute Gasteiger partial charge is 0.0848 e. The van der Waals surface area contributed by atoms with Crippen LogP contribution in [0.25, 0.3) is 0 Å². The van der Waals surface area contributed by atoms with Gasteiger partial charge in [-0.3, -0.25) is 0 Å². The van der Waals surface area contributed by atoms with Gasteiger partial charge in [-0.2, -0.15) is 0 Å². The van der Waals surface area contributed by atoms with Crippen molar-refractivity contribution in [1.29, 1.82) is 0 Å². The van der Waals surface area contributed by atoms with Crippen molar-refractivity contribution in [3.8, 4) is 0 Å². The topological polar surface area (TPSA) is 0 Å². The van der Waals surface area contributed by atoms with Crippen molar-refractivity contribution >= 4 is 0 Å². The zero-order chi connectivity index (χ0) is 25.0. The fourth-order valence-electron chi connectivity index (χ4n) is 8.69. The summed E-state index contributed by atoms with van der Waals surface area (Å²) in [5.74, 6) is 7.85. The monoisotopic (exact) mass is 494 g/mol. The van der Waals surface area contributed by atoms with E-state index in [1.807, 2.05) is 0 Å². The molecule has 0 saturated heterocycles. The second-order valence-electron chi connectivity index (χ2n) is 14.0. The Morgan fingerprint density at radius 2 is 1.08 bits per heavy atom. The molecule has 0 spiro atoms. The molecule has 0 N–H and O–H groups in total. The molecule has 0 nitrogen and oxygen atoms in total. The second kappa shape index (κ2) is 15.8. The fourth-order valence-corrected chi connectivity index (χ4v) is 8.69. The van der Waals surface area contributed by atoms with Gasteiger partial charge >= 0.3 is 0 Å². The van der Waals surface area contributed by atoms with Crippen LogP contribution >= 0.6 is 0 Å². The van der Waals surface area contributed by atoms with Crippen molar-refractivity contribution in [3.05, 3.63) is 24.3 Å². The normalized spacial score (nSPS) is 37.9. The number of hydrogen-bond acceptors (Lipinski definition) is 0. The molecule has 0 radical (unpaired) electrons. The SMILES string of the molecule is CCCCCC1CCC(C2CCC(CCC3CCC(C=CC4C=CC(CCC)CC4)CC3)CC2)CC1. The number of hydrogen-bond donors (Lipinski definition) is 0. The van der Waals surface area contributed by atoms with Crippen molar-refractivity contribution in [2.45, 2.75) is 155 Å². The van der Waals surface area contributed by atoms with E-state index in [9.17, 15) is 0 Å². The maximum Gasteiger partial charge on any atom is -0.00531 e. The molecule has 0 heterocycles. The molecule has 206 valence electrons. The molecular formula is C36H62. The average molecular weight is 495 g/mol. The van der Waals surface area contributed by atoms with Crippen LogP contribution in [0.3, 0.4) is 0 Å². The zero-order valence-electron chi connectivity index (χ0n) is 24.5. The quantitative estimate of drug-likeness (QED) is 0.187. The van der Waals surface area contributed by atoms with Gasteiger partial charge in [-0.25, -0.2) is 0 Å². The highest BCUT2D eigenvalue weighted by Gasteiger charge is 2.31. The first kappa shape index (κ1) is 28.5. The van der Waals surface area contributed by atoms with Gasteiger partial charge in [-0.1, -0.05) is 109 Å². The molecule has 0 aliphatic heterocycles. The van der Waals surface area contributed by atoms with Gasteiger partial charge < -0.3 is 0 Å². The van der Waals surface area contributed by atoms with Crippen LogP contribution < -0.4 is 0 Å². The number of allylic oxidation sites excluding steroid dienone is 4. The fraction of sp³-hybridized carbons (Fsp3) is 0.889. The van der Waals surface area contributed by atoms with Crippen LogP contribution in [0.1, 0.15) is 155 Å². The van der Waals surface area contributed by atoms with Crippen molar-refractivity contribution in [2.24, 2.45) is 47.3 Å². The molecule has 0 aromatic rings. The van der Waals surface area contributed by atoms with Crippen LogP contribution in [0, 0.1) is 47.3 Å². The molecule has 3 fully saturated rings. The highest BCUT2D eigenvalue weighted by atomic mass is 14.4. The highest BCUT2D eigenvalue weighted by molar-refractivity contribution is 5.07. The summed E-state index contributed by atoms with van der Waals surface area (Å²) in [6.45, 7) is 4.66. The van der Waals surface area contributed by atoms with E-state index in [0.717, 1.165) is 47.3 Å². The van der Waals surface area contributed by atoms with Crippen LogP contribution in [0.5, 0.6) is 0 Å². The predicted octanol–water partition coefficient (Wildman–Crippen LogP) is 11.7. The number of rotatable bonds is 12. The first-order chi connectivity index (χ1) is 17.7. The van der Waals surface area contributed by atoms with Crippen LogP contribution in [0.2, 0.25) is 0 Å². The van der Waals surface area contributed by atoms with E-state index < -0.39 is 0 Å². The van der Waals surface area contributed by atoms with Crippen LogP contribution in [0.15, 0.2) is 24.3 Å². The van der Waals surface area contributed by atoms with Gasteiger partial charge in [-0.05, 0) is 118 Å². The van der Waals surface area contributed by atoms with Crippen molar-refractivity contribution in [3.63, 3.8) is 0 Å².